The molecule has 0 aromatic carbocycles. The molecule has 0 unspecified atom stereocenters. The third kappa shape index (κ3) is 4.11. The Kier molecular flexibility index (Phi) is 4.93. The summed E-state index contributed by atoms with van der Waals surface area (Å²) in [6.45, 7) is 0. The van der Waals surface area contributed by atoms with Crippen LogP contribution >= 0.6 is 23.5 Å². The van der Waals surface area contributed by atoms with E-state index in [2.05, 4.69) is 33.5 Å². The highest BCUT2D eigenvalue weighted by atomic mass is 32.2. The molecule has 0 atom stereocenters. The lowest BCUT2D eigenvalue weighted by Gasteiger charge is -2.06. The van der Waals surface area contributed by atoms with Gasteiger partial charge >= 0.3 is 0 Å². The molecule has 1 aromatic heterocycles. The number of thioether (sulfide) groups is 2. The predicted molar refractivity (Wildman–Crippen MR) is 69.5 cm³/mol. The Hall–Kier alpha value is -0.0900. The molecule has 15 heavy (non-hydrogen) atoms. The summed E-state index contributed by atoms with van der Waals surface area (Å²) in [5.41, 5.74) is 0. The van der Waals surface area contributed by atoms with Crippen molar-refractivity contribution in [3.63, 3.8) is 0 Å². The van der Waals surface area contributed by atoms with Gasteiger partial charge in [-0.2, -0.15) is 0 Å². The molecule has 0 bridgehead atoms. The third-order valence-electron chi connectivity index (χ3n) is 2.60. The number of H-pyrrole nitrogens is 1. The number of nitrogens with one attached hydrogen (secondary N) is 1. The van der Waals surface area contributed by atoms with Gasteiger partial charge in [0, 0.05) is 30.3 Å². The summed E-state index contributed by atoms with van der Waals surface area (Å²) in [6.07, 6.45) is 10.2. The summed E-state index contributed by atoms with van der Waals surface area (Å²) >= 11 is 4.29. The molecular formula is C11H18N2S2. The number of hydrogen-bond acceptors (Lipinski definition) is 3. The number of rotatable bonds is 6. The van der Waals surface area contributed by atoms with Crippen molar-refractivity contribution in [2.75, 3.05) is 11.5 Å². The fourth-order valence-corrected chi connectivity index (χ4v) is 4.71. The van der Waals surface area contributed by atoms with E-state index in [-0.39, 0.29) is 0 Å². The number of aromatic nitrogens is 2. The monoisotopic (exact) mass is 242 g/mol. The molecule has 2 rings (SSSR count). The third-order valence-corrected chi connectivity index (χ3v) is 5.77. The molecule has 4 heteroatoms. The maximum absolute atomic E-state index is 4.23. The van der Waals surface area contributed by atoms with Crippen LogP contribution in [0.3, 0.4) is 0 Å². The van der Waals surface area contributed by atoms with E-state index in [1.54, 1.807) is 0 Å². The molecular weight excluding hydrogens is 224 g/mol. The summed E-state index contributed by atoms with van der Waals surface area (Å²) in [7, 11) is 0. The van der Waals surface area contributed by atoms with Crippen LogP contribution in [-0.2, 0) is 6.42 Å². The largest absolute Gasteiger partial charge is 0.349 e. The van der Waals surface area contributed by atoms with Crippen molar-refractivity contribution in [3.8, 4) is 0 Å². The first-order valence-corrected chi connectivity index (χ1v) is 7.76. The van der Waals surface area contributed by atoms with Gasteiger partial charge in [-0.05, 0) is 12.8 Å². The number of hydrogen-bond donors (Lipinski definition) is 1. The maximum atomic E-state index is 4.23. The first-order chi connectivity index (χ1) is 7.45. The summed E-state index contributed by atoms with van der Waals surface area (Å²) < 4.78 is 0.897. The minimum absolute atomic E-state index is 0.897. The minimum Gasteiger partial charge on any atom is -0.349 e. The zero-order valence-electron chi connectivity index (χ0n) is 8.95. The SMILES string of the molecule is c1c[nH]c(CCCCCC2SCCS2)n1. The Balaban J connectivity index is 1.48. The van der Waals surface area contributed by atoms with Crippen LogP contribution in [0.5, 0.6) is 0 Å². The van der Waals surface area contributed by atoms with Crippen molar-refractivity contribution < 1.29 is 0 Å². The van der Waals surface area contributed by atoms with Crippen LogP contribution in [0.15, 0.2) is 12.4 Å². The van der Waals surface area contributed by atoms with Gasteiger partial charge in [0.05, 0.1) is 4.58 Å². The van der Waals surface area contributed by atoms with Crippen LogP contribution in [0.25, 0.3) is 0 Å². The summed E-state index contributed by atoms with van der Waals surface area (Å²) in [4.78, 5) is 7.38. The maximum Gasteiger partial charge on any atom is 0.105 e. The van der Waals surface area contributed by atoms with E-state index < -0.39 is 0 Å². The second kappa shape index (κ2) is 6.48. The van der Waals surface area contributed by atoms with Gasteiger partial charge in [0.15, 0.2) is 0 Å². The minimum atomic E-state index is 0.897. The van der Waals surface area contributed by atoms with E-state index >= 15 is 0 Å². The zero-order chi connectivity index (χ0) is 10.3. The Bertz CT molecular complexity index is 256. The number of nitrogens with zero attached hydrogens (tertiary/aromatic N) is 1. The zero-order valence-corrected chi connectivity index (χ0v) is 10.6. The molecule has 2 heterocycles. The molecule has 84 valence electrons. The standard InChI is InChI=1S/C11H18N2S2/c1(2-4-10-12-6-7-13-10)3-5-11-14-8-9-15-11/h6-7,11H,1-5,8-9H2,(H,12,13). The van der Waals surface area contributed by atoms with Crippen molar-refractivity contribution in [2.24, 2.45) is 0 Å². The average Bonchev–Trinajstić information content (AvgIpc) is 2.88. The van der Waals surface area contributed by atoms with E-state index in [1.807, 2.05) is 12.4 Å². The fourth-order valence-electron chi connectivity index (χ4n) is 1.79. The van der Waals surface area contributed by atoms with Crippen LogP contribution < -0.4 is 0 Å². The molecule has 1 aliphatic heterocycles. The molecule has 2 nitrogen and oxygen atoms in total. The second-order valence-electron chi connectivity index (χ2n) is 3.81. The van der Waals surface area contributed by atoms with Crippen molar-refractivity contribution >= 4 is 23.5 Å². The van der Waals surface area contributed by atoms with E-state index in [4.69, 9.17) is 0 Å². The average molecular weight is 242 g/mol. The Morgan fingerprint density at radius 3 is 2.87 bits per heavy atom. The highest BCUT2D eigenvalue weighted by Gasteiger charge is 2.14. The summed E-state index contributed by atoms with van der Waals surface area (Å²) in [5, 5.41) is 0. The summed E-state index contributed by atoms with van der Waals surface area (Å²) in [5.74, 6) is 3.86. The smallest absolute Gasteiger partial charge is 0.105 e. The highest BCUT2D eigenvalue weighted by molar-refractivity contribution is 8.20. The number of imidazole rings is 1. The first-order valence-electron chi connectivity index (χ1n) is 5.66. The van der Waals surface area contributed by atoms with Crippen molar-refractivity contribution in [3.05, 3.63) is 18.2 Å². The van der Waals surface area contributed by atoms with Gasteiger partial charge in [-0.15, -0.1) is 23.5 Å². The fraction of sp³-hybridized carbons (Fsp3) is 0.727. The molecule has 0 saturated carbocycles. The van der Waals surface area contributed by atoms with Crippen LogP contribution in [0.2, 0.25) is 0 Å². The van der Waals surface area contributed by atoms with Crippen molar-refractivity contribution in [2.45, 2.75) is 36.7 Å². The van der Waals surface area contributed by atoms with E-state index in [1.165, 1.54) is 37.2 Å². The number of aryl methyl sites for hydroxylation is 1. The van der Waals surface area contributed by atoms with Gasteiger partial charge in [0.2, 0.25) is 0 Å². The second-order valence-corrected chi connectivity index (χ2v) is 6.73. The molecule has 1 fully saturated rings. The van der Waals surface area contributed by atoms with Crippen LogP contribution in [-0.4, -0.2) is 26.1 Å². The molecule has 1 saturated heterocycles. The first kappa shape index (κ1) is 11.4. The van der Waals surface area contributed by atoms with E-state index in [0.717, 1.165) is 16.8 Å². The predicted octanol–water partition coefficient (Wildman–Crippen LogP) is 3.32. The molecule has 1 aromatic rings. The molecule has 0 radical (unpaired) electrons. The Morgan fingerprint density at radius 2 is 2.13 bits per heavy atom. The quantitative estimate of drug-likeness (QED) is 0.776. The van der Waals surface area contributed by atoms with Crippen LogP contribution in [0.1, 0.15) is 31.5 Å². The van der Waals surface area contributed by atoms with Gasteiger partial charge in [-0.25, -0.2) is 4.98 Å². The molecule has 1 aliphatic rings. The Labute approximate surface area is 100 Å². The lowest BCUT2D eigenvalue weighted by atomic mass is 10.1. The molecule has 0 amide bonds. The van der Waals surface area contributed by atoms with E-state index in [9.17, 15) is 0 Å². The van der Waals surface area contributed by atoms with Crippen molar-refractivity contribution in [1.82, 2.24) is 9.97 Å². The van der Waals surface area contributed by atoms with E-state index in [0.29, 0.717) is 0 Å². The Morgan fingerprint density at radius 1 is 1.27 bits per heavy atom. The topological polar surface area (TPSA) is 28.7 Å². The lowest BCUT2D eigenvalue weighted by molar-refractivity contribution is 0.652. The summed E-state index contributed by atoms with van der Waals surface area (Å²) in [6, 6.07) is 0. The van der Waals surface area contributed by atoms with Gasteiger partial charge in [0.1, 0.15) is 5.82 Å². The van der Waals surface area contributed by atoms with Crippen molar-refractivity contribution in [1.29, 1.82) is 0 Å². The molecule has 1 N–H and O–H groups in total. The molecule has 0 spiro atoms. The van der Waals surface area contributed by atoms with Gasteiger partial charge < -0.3 is 4.98 Å². The van der Waals surface area contributed by atoms with Crippen LogP contribution in [0.4, 0.5) is 0 Å². The van der Waals surface area contributed by atoms with Gasteiger partial charge in [0.25, 0.3) is 0 Å². The van der Waals surface area contributed by atoms with Crippen LogP contribution in [0, 0.1) is 0 Å². The lowest BCUT2D eigenvalue weighted by Crippen LogP contribution is -1.93. The normalized spacial score (nSPS) is 17.3. The number of aromatic amines is 1. The highest BCUT2D eigenvalue weighted by Crippen LogP contribution is 2.35. The van der Waals surface area contributed by atoms with Gasteiger partial charge in [-0.3, -0.25) is 0 Å². The number of unbranched alkanes of at least 4 members (excludes halogenated alkanes) is 2. The molecule has 0 aliphatic carbocycles. The van der Waals surface area contributed by atoms with Gasteiger partial charge in [-0.1, -0.05) is 12.8 Å².